The third kappa shape index (κ3) is 7.57. The van der Waals surface area contributed by atoms with Crippen LogP contribution in [0.15, 0.2) is 24.5 Å². The van der Waals surface area contributed by atoms with Gasteiger partial charge in [0.2, 0.25) is 0 Å². The van der Waals surface area contributed by atoms with Gasteiger partial charge in [0.1, 0.15) is 0 Å². The van der Waals surface area contributed by atoms with Gasteiger partial charge in [-0.2, -0.15) is 0 Å². The first kappa shape index (κ1) is 15.6. The summed E-state index contributed by atoms with van der Waals surface area (Å²) in [5, 5.41) is 3.40. The molecule has 1 aromatic rings. The molecule has 0 saturated heterocycles. The first-order valence-corrected chi connectivity index (χ1v) is 7.12. The number of carbonyl (C=O) groups excluding carboxylic acids is 1. The molecule has 0 aliphatic rings. The third-order valence-electron chi connectivity index (χ3n) is 2.85. The Hall–Kier alpha value is -1.42. The van der Waals surface area contributed by atoms with Gasteiger partial charge in [0, 0.05) is 12.4 Å². The molecule has 0 fully saturated rings. The zero-order valence-electron chi connectivity index (χ0n) is 11.7. The molecule has 0 radical (unpaired) electrons. The predicted octanol–water partition coefficient (Wildman–Crippen LogP) is 2.80. The maximum absolute atomic E-state index is 11.6. The zero-order chi connectivity index (χ0) is 13.8. The maximum Gasteiger partial charge on any atom is 0.338 e. The Morgan fingerprint density at radius 1 is 1.16 bits per heavy atom. The van der Waals surface area contributed by atoms with Crippen LogP contribution in [0.1, 0.15) is 49.4 Å². The van der Waals surface area contributed by atoms with E-state index in [1.54, 1.807) is 24.5 Å². The van der Waals surface area contributed by atoms with E-state index in [-0.39, 0.29) is 5.97 Å². The van der Waals surface area contributed by atoms with Crippen LogP contribution < -0.4 is 5.32 Å². The van der Waals surface area contributed by atoms with Gasteiger partial charge in [0.15, 0.2) is 0 Å². The highest BCUT2D eigenvalue weighted by atomic mass is 16.5. The Kier molecular flexibility index (Phi) is 8.64. The summed E-state index contributed by atoms with van der Waals surface area (Å²) < 4.78 is 5.19. The summed E-state index contributed by atoms with van der Waals surface area (Å²) in [5.74, 6) is -0.261. The highest BCUT2D eigenvalue weighted by molar-refractivity contribution is 5.89. The second-order valence-electron chi connectivity index (χ2n) is 4.54. The molecule has 0 aliphatic heterocycles. The first-order valence-electron chi connectivity index (χ1n) is 7.12. The van der Waals surface area contributed by atoms with Crippen LogP contribution in [0.2, 0.25) is 0 Å². The number of nitrogens with zero attached hydrogens (tertiary/aromatic N) is 1. The van der Waals surface area contributed by atoms with Gasteiger partial charge in [0.05, 0.1) is 12.2 Å². The molecule has 1 aromatic heterocycles. The summed E-state index contributed by atoms with van der Waals surface area (Å²) in [7, 11) is 0. The average molecular weight is 264 g/mol. The van der Waals surface area contributed by atoms with E-state index >= 15 is 0 Å². The summed E-state index contributed by atoms with van der Waals surface area (Å²) in [6.45, 7) is 4.85. The molecule has 0 bridgehead atoms. The molecule has 0 aromatic carbocycles. The highest BCUT2D eigenvalue weighted by Gasteiger charge is 2.05. The van der Waals surface area contributed by atoms with Crippen molar-refractivity contribution in [3.63, 3.8) is 0 Å². The van der Waals surface area contributed by atoms with Crippen LogP contribution in [-0.4, -0.2) is 30.6 Å². The number of hydrogen-bond donors (Lipinski definition) is 1. The van der Waals surface area contributed by atoms with Crippen molar-refractivity contribution in [3.8, 4) is 0 Å². The molecule has 4 heteroatoms. The zero-order valence-corrected chi connectivity index (χ0v) is 11.7. The molecule has 0 unspecified atom stereocenters. The standard InChI is InChI=1S/C15H24N2O2/c1-2-3-9-16-10-5-4-6-13-19-15(18)14-7-11-17-12-8-14/h7-8,11-12,16H,2-6,9-10,13H2,1H3. The van der Waals surface area contributed by atoms with Gasteiger partial charge in [-0.05, 0) is 50.9 Å². The van der Waals surface area contributed by atoms with E-state index in [9.17, 15) is 4.79 Å². The lowest BCUT2D eigenvalue weighted by atomic mass is 10.2. The Bertz CT molecular complexity index is 341. The van der Waals surface area contributed by atoms with Crippen LogP contribution in [0.25, 0.3) is 0 Å². The number of nitrogens with one attached hydrogen (secondary N) is 1. The molecule has 0 saturated carbocycles. The number of unbranched alkanes of at least 4 members (excludes halogenated alkanes) is 3. The number of carbonyl (C=O) groups is 1. The van der Waals surface area contributed by atoms with Crippen molar-refractivity contribution in [3.05, 3.63) is 30.1 Å². The van der Waals surface area contributed by atoms with E-state index < -0.39 is 0 Å². The highest BCUT2D eigenvalue weighted by Crippen LogP contribution is 2.01. The number of hydrogen-bond acceptors (Lipinski definition) is 4. The van der Waals surface area contributed by atoms with E-state index in [0.717, 1.165) is 32.4 Å². The van der Waals surface area contributed by atoms with E-state index in [0.29, 0.717) is 12.2 Å². The van der Waals surface area contributed by atoms with E-state index in [1.165, 1.54) is 12.8 Å². The van der Waals surface area contributed by atoms with Crippen molar-refractivity contribution in [2.24, 2.45) is 0 Å². The molecule has 1 heterocycles. The smallest absolute Gasteiger partial charge is 0.338 e. The SMILES string of the molecule is CCCCNCCCCCOC(=O)c1ccncc1. The van der Waals surface area contributed by atoms with Gasteiger partial charge >= 0.3 is 5.97 Å². The minimum Gasteiger partial charge on any atom is -0.462 e. The predicted molar refractivity (Wildman–Crippen MR) is 76.1 cm³/mol. The topological polar surface area (TPSA) is 51.2 Å². The first-order chi connectivity index (χ1) is 9.34. The Morgan fingerprint density at radius 2 is 1.89 bits per heavy atom. The van der Waals surface area contributed by atoms with Crippen LogP contribution in [0.4, 0.5) is 0 Å². The monoisotopic (exact) mass is 264 g/mol. The van der Waals surface area contributed by atoms with Crippen LogP contribution in [-0.2, 0) is 4.74 Å². The fraction of sp³-hybridized carbons (Fsp3) is 0.600. The Balaban J connectivity index is 1.95. The van der Waals surface area contributed by atoms with Gasteiger partial charge in [0.25, 0.3) is 0 Å². The van der Waals surface area contributed by atoms with Crippen molar-refractivity contribution >= 4 is 5.97 Å². The molecule has 0 amide bonds. The van der Waals surface area contributed by atoms with E-state index in [2.05, 4.69) is 17.2 Å². The molecular formula is C15H24N2O2. The number of rotatable bonds is 10. The minimum absolute atomic E-state index is 0.261. The van der Waals surface area contributed by atoms with E-state index in [1.807, 2.05) is 0 Å². The normalized spacial score (nSPS) is 10.4. The molecule has 1 rings (SSSR count). The van der Waals surface area contributed by atoms with Gasteiger partial charge in [-0.3, -0.25) is 4.98 Å². The molecule has 0 aliphatic carbocycles. The summed E-state index contributed by atoms with van der Waals surface area (Å²) in [6, 6.07) is 3.33. The number of ether oxygens (including phenoxy) is 1. The molecule has 0 atom stereocenters. The molecule has 19 heavy (non-hydrogen) atoms. The van der Waals surface area contributed by atoms with Crippen molar-refractivity contribution in [2.45, 2.75) is 39.0 Å². The summed E-state index contributed by atoms with van der Waals surface area (Å²) >= 11 is 0. The fourth-order valence-corrected chi connectivity index (χ4v) is 1.69. The number of aromatic nitrogens is 1. The lowest BCUT2D eigenvalue weighted by Crippen LogP contribution is -2.16. The minimum atomic E-state index is -0.261. The van der Waals surface area contributed by atoms with Crippen molar-refractivity contribution in [2.75, 3.05) is 19.7 Å². The second kappa shape index (κ2) is 10.5. The lowest BCUT2D eigenvalue weighted by Gasteiger charge is -2.05. The van der Waals surface area contributed by atoms with Gasteiger partial charge in [-0.25, -0.2) is 4.79 Å². The van der Waals surface area contributed by atoms with Crippen molar-refractivity contribution < 1.29 is 9.53 Å². The second-order valence-corrected chi connectivity index (χ2v) is 4.54. The number of pyridine rings is 1. The average Bonchev–Trinajstić information content (AvgIpc) is 2.46. The van der Waals surface area contributed by atoms with Crippen LogP contribution >= 0.6 is 0 Å². The van der Waals surface area contributed by atoms with Crippen LogP contribution in [0.3, 0.4) is 0 Å². The summed E-state index contributed by atoms with van der Waals surface area (Å²) in [5.41, 5.74) is 0.566. The quantitative estimate of drug-likeness (QED) is 0.521. The van der Waals surface area contributed by atoms with Crippen molar-refractivity contribution in [1.82, 2.24) is 10.3 Å². The van der Waals surface area contributed by atoms with Crippen LogP contribution in [0.5, 0.6) is 0 Å². The molecule has 106 valence electrons. The molecule has 4 nitrogen and oxygen atoms in total. The van der Waals surface area contributed by atoms with Crippen LogP contribution in [0, 0.1) is 0 Å². The van der Waals surface area contributed by atoms with Gasteiger partial charge in [-0.15, -0.1) is 0 Å². The van der Waals surface area contributed by atoms with Gasteiger partial charge < -0.3 is 10.1 Å². The van der Waals surface area contributed by atoms with Gasteiger partial charge in [-0.1, -0.05) is 13.3 Å². The fourth-order valence-electron chi connectivity index (χ4n) is 1.69. The molecule has 1 N–H and O–H groups in total. The third-order valence-corrected chi connectivity index (χ3v) is 2.85. The Morgan fingerprint density at radius 3 is 2.63 bits per heavy atom. The molecular weight excluding hydrogens is 240 g/mol. The number of esters is 1. The molecule has 0 spiro atoms. The summed E-state index contributed by atoms with van der Waals surface area (Å²) in [6.07, 6.45) is 8.81. The summed E-state index contributed by atoms with van der Waals surface area (Å²) in [4.78, 5) is 15.5. The maximum atomic E-state index is 11.6. The largest absolute Gasteiger partial charge is 0.462 e. The van der Waals surface area contributed by atoms with Crippen molar-refractivity contribution in [1.29, 1.82) is 0 Å². The van der Waals surface area contributed by atoms with E-state index in [4.69, 9.17) is 4.74 Å². The lowest BCUT2D eigenvalue weighted by molar-refractivity contribution is 0.0498. The Labute approximate surface area is 115 Å².